The van der Waals surface area contributed by atoms with Crippen LogP contribution < -0.4 is 9.47 Å². The molecule has 7 nitrogen and oxygen atoms in total. The number of hydrogen-bond donors (Lipinski definition) is 0. The third kappa shape index (κ3) is 2.91. The Morgan fingerprint density at radius 2 is 2.25 bits per heavy atom. The van der Waals surface area contributed by atoms with Crippen LogP contribution in [0.25, 0.3) is 0 Å². The molecule has 0 spiro atoms. The first-order valence-corrected chi connectivity index (χ1v) is 4.43. The molecule has 0 atom stereocenters. The highest BCUT2D eigenvalue weighted by molar-refractivity contribution is 5.50. The number of nitroso groups, excluding NO2 is 1. The van der Waals surface area contributed by atoms with E-state index >= 15 is 0 Å². The summed E-state index contributed by atoms with van der Waals surface area (Å²) in [5.41, 5.74) is -0.203. The molecule has 1 aromatic rings. The summed E-state index contributed by atoms with van der Waals surface area (Å²) in [7, 11) is 1.41. The van der Waals surface area contributed by atoms with Gasteiger partial charge >= 0.3 is 5.69 Å². The highest BCUT2D eigenvalue weighted by atomic mass is 16.6. The van der Waals surface area contributed by atoms with Gasteiger partial charge in [0, 0.05) is 0 Å². The zero-order valence-corrected chi connectivity index (χ0v) is 8.58. The summed E-state index contributed by atoms with van der Waals surface area (Å²) < 4.78 is 9.90. The molecule has 0 aliphatic heterocycles. The van der Waals surface area contributed by atoms with Gasteiger partial charge in [0.15, 0.2) is 5.75 Å². The van der Waals surface area contributed by atoms with Gasteiger partial charge in [-0.15, -0.1) is 0 Å². The Bertz CT molecular complexity index is 393. The summed E-state index contributed by atoms with van der Waals surface area (Å²) >= 11 is 0. The van der Waals surface area contributed by atoms with Crippen LogP contribution in [-0.4, -0.2) is 25.2 Å². The normalized spacial score (nSPS) is 9.56. The van der Waals surface area contributed by atoms with Crippen molar-refractivity contribution < 1.29 is 14.4 Å². The predicted octanol–water partition coefficient (Wildman–Crippen LogP) is 1.75. The second-order valence-corrected chi connectivity index (χ2v) is 2.79. The van der Waals surface area contributed by atoms with E-state index in [9.17, 15) is 15.0 Å². The third-order valence-corrected chi connectivity index (χ3v) is 1.80. The Morgan fingerprint density at radius 3 is 2.81 bits per heavy atom. The van der Waals surface area contributed by atoms with Crippen LogP contribution in [0.2, 0.25) is 0 Å². The van der Waals surface area contributed by atoms with Crippen LogP contribution in [0.15, 0.2) is 23.4 Å². The van der Waals surface area contributed by atoms with Crippen LogP contribution in [0.4, 0.5) is 5.69 Å². The topological polar surface area (TPSA) is 91.0 Å². The first-order valence-electron chi connectivity index (χ1n) is 4.43. The molecular formula is C9H10N2O5. The molecule has 0 N–H and O–H groups in total. The Labute approximate surface area is 91.1 Å². The van der Waals surface area contributed by atoms with Crippen molar-refractivity contribution in [3.05, 3.63) is 33.2 Å². The number of benzene rings is 1. The Hall–Kier alpha value is -2.18. The van der Waals surface area contributed by atoms with E-state index in [1.807, 2.05) is 0 Å². The molecule has 0 heterocycles. The van der Waals surface area contributed by atoms with E-state index < -0.39 is 4.92 Å². The maximum Gasteiger partial charge on any atom is 0.314 e. The van der Waals surface area contributed by atoms with E-state index in [0.29, 0.717) is 5.75 Å². The monoisotopic (exact) mass is 226 g/mol. The van der Waals surface area contributed by atoms with Crippen LogP contribution in [0.5, 0.6) is 11.5 Å². The summed E-state index contributed by atoms with van der Waals surface area (Å²) in [5, 5.41) is 13.3. The first-order chi connectivity index (χ1) is 7.69. The molecule has 0 saturated heterocycles. The molecule has 0 saturated carbocycles. The second-order valence-electron chi connectivity index (χ2n) is 2.79. The highest BCUT2D eigenvalue weighted by Crippen LogP contribution is 2.30. The standard InChI is InChI=1S/C9H10N2O5/c1-15-7-2-3-9(16-5-4-10-12)8(6-7)11(13)14/h2-3,6H,4-5H2,1H3. The minimum Gasteiger partial charge on any atom is -0.496 e. The van der Waals surface area contributed by atoms with Crippen LogP contribution in [-0.2, 0) is 0 Å². The highest BCUT2D eigenvalue weighted by Gasteiger charge is 2.16. The first kappa shape index (κ1) is 11.9. The molecule has 7 heteroatoms. The van der Waals surface area contributed by atoms with Gasteiger partial charge in [-0.05, 0) is 12.1 Å². The Balaban J connectivity index is 2.89. The molecule has 0 aliphatic carbocycles. The van der Waals surface area contributed by atoms with Gasteiger partial charge in [-0.1, -0.05) is 5.18 Å². The van der Waals surface area contributed by atoms with Crippen molar-refractivity contribution in [3.8, 4) is 11.5 Å². The van der Waals surface area contributed by atoms with E-state index in [1.165, 1.54) is 25.3 Å². The number of rotatable bonds is 6. The van der Waals surface area contributed by atoms with Gasteiger partial charge in [-0.25, -0.2) is 0 Å². The van der Waals surface area contributed by atoms with E-state index in [4.69, 9.17) is 9.47 Å². The molecule has 0 radical (unpaired) electrons. The van der Waals surface area contributed by atoms with Crippen molar-refractivity contribution in [2.24, 2.45) is 5.18 Å². The summed E-state index contributed by atoms with van der Waals surface area (Å²) in [6, 6.07) is 4.21. The zero-order valence-electron chi connectivity index (χ0n) is 8.58. The lowest BCUT2D eigenvalue weighted by atomic mass is 10.3. The number of nitro groups is 1. The van der Waals surface area contributed by atoms with Gasteiger partial charge in [0.05, 0.1) is 18.1 Å². The van der Waals surface area contributed by atoms with Crippen molar-refractivity contribution in [3.63, 3.8) is 0 Å². The second kappa shape index (κ2) is 5.64. The smallest absolute Gasteiger partial charge is 0.314 e. The van der Waals surface area contributed by atoms with Gasteiger partial charge in [0.1, 0.15) is 18.9 Å². The number of methoxy groups -OCH3 is 1. The molecule has 0 fully saturated rings. The van der Waals surface area contributed by atoms with Crippen molar-refractivity contribution >= 4 is 5.69 Å². The van der Waals surface area contributed by atoms with Crippen molar-refractivity contribution in [1.29, 1.82) is 0 Å². The van der Waals surface area contributed by atoms with E-state index in [0.717, 1.165) is 0 Å². The Morgan fingerprint density at radius 1 is 1.50 bits per heavy atom. The summed E-state index contributed by atoms with van der Waals surface area (Å²) in [4.78, 5) is 20.0. The van der Waals surface area contributed by atoms with Crippen molar-refractivity contribution in [2.75, 3.05) is 20.3 Å². The molecule has 0 amide bonds. The Kier molecular flexibility index (Phi) is 4.19. The van der Waals surface area contributed by atoms with E-state index in [2.05, 4.69) is 5.18 Å². The summed E-state index contributed by atoms with van der Waals surface area (Å²) in [6.45, 7) is -0.0418. The maximum atomic E-state index is 10.7. The van der Waals surface area contributed by atoms with Crippen LogP contribution >= 0.6 is 0 Å². The number of hydrogen-bond acceptors (Lipinski definition) is 6. The minimum atomic E-state index is -0.577. The zero-order chi connectivity index (χ0) is 12.0. The largest absolute Gasteiger partial charge is 0.496 e. The molecule has 1 aromatic carbocycles. The van der Waals surface area contributed by atoms with Gasteiger partial charge in [-0.2, -0.15) is 4.91 Å². The fourth-order valence-electron chi connectivity index (χ4n) is 1.08. The summed E-state index contributed by atoms with van der Waals surface area (Å²) in [6.07, 6.45) is 0. The van der Waals surface area contributed by atoms with Crippen LogP contribution in [0.1, 0.15) is 0 Å². The van der Waals surface area contributed by atoms with Gasteiger partial charge < -0.3 is 9.47 Å². The number of nitrogens with zero attached hydrogens (tertiary/aromatic N) is 2. The molecule has 86 valence electrons. The average Bonchev–Trinajstić information content (AvgIpc) is 2.29. The van der Waals surface area contributed by atoms with Gasteiger partial charge in [0.2, 0.25) is 0 Å². The molecule has 1 rings (SSSR count). The molecule has 0 aliphatic rings. The lowest BCUT2D eigenvalue weighted by molar-refractivity contribution is -0.385. The van der Waals surface area contributed by atoms with Gasteiger partial charge in [0.25, 0.3) is 0 Å². The molecule has 0 aromatic heterocycles. The average molecular weight is 226 g/mol. The van der Waals surface area contributed by atoms with E-state index in [1.54, 1.807) is 0 Å². The maximum absolute atomic E-state index is 10.7. The fourth-order valence-corrected chi connectivity index (χ4v) is 1.08. The SMILES string of the molecule is COc1ccc(OCCN=O)c([N+](=O)[O-])c1. The van der Waals surface area contributed by atoms with Crippen molar-refractivity contribution in [1.82, 2.24) is 0 Å². The predicted molar refractivity (Wildman–Crippen MR) is 55.8 cm³/mol. The molecule has 0 unspecified atom stereocenters. The molecule has 16 heavy (non-hydrogen) atoms. The van der Waals surface area contributed by atoms with Crippen LogP contribution in [0.3, 0.4) is 0 Å². The van der Waals surface area contributed by atoms with Crippen LogP contribution in [0, 0.1) is 15.0 Å². The summed E-state index contributed by atoms with van der Waals surface area (Å²) in [5.74, 6) is 0.460. The molecular weight excluding hydrogens is 216 g/mol. The number of ether oxygens (including phenoxy) is 2. The fraction of sp³-hybridized carbons (Fsp3) is 0.333. The van der Waals surface area contributed by atoms with E-state index in [-0.39, 0.29) is 24.6 Å². The molecule has 0 bridgehead atoms. The van der Waals surface area contributed by atoms with Crippen molar-refractivity contribution in [2.45, 2.75) is 0 Å². The van der Waals surface area contributed by atoms with Gasteiger partial charge in [-0.3, -0.25) is 10.1 Å². The lowest BCUT2D eigenvalue weighted by Gasteiger charge is -2.06. The lowest BCUT2D eigenvalue weighted by Crippen LogP contribution is -2.03. The third-order valence-electron chi connectivity index (χ3n) is 1.80. The number of nitro benzene ring substituents is 1. The quantitative estimate of drug-likeness (QED) is 0.319. The minimum absolute atomic E-state index is 0.0106.